The first-order valence-electron chi connectivity index (χ1n) is 7.42. The van der Waals surface area contributed by atoms with E-state index >= 15 is 0 Å². The molecule has 0 aliphatic carbocycles. The van der Waals surface area contributed by atoms with E-state index in [9.17, 15) is 9.59 Å². The third kappa shape index (κ3) is 3.01. The smallest absolute Gasteiger partial charge is 0.247 e. The quantitative estimate of drug-likeness (QED) is 0.873. The molecule has 1 N–H and O–H groups in total. The number of aryl methyl sites for hydroxylation is 1. The second kappa shape index (κ2) is 6.16. The Morgan fingerprint density at radius 2 is 1.96 bits per heavy atom. The zero-order valence-electron chi connectivity index (χ0n) is 13.0. The molecule has 0 radical (unpaired) electrons. The van der Waals surface area contributed by atoms with Crippen molar-refractivity contribution >= 4 is 39.1 Å². The van der Waals surface area contributed by atoms with Gasteiger partial charge in [-0.2, -0.15) is 0 Å². The average Bonchev–Trinajstić information content (AvgIpc) is 2.90. The maximum atomic E-state index is 12.7. The number of anilines is 2. The fourth-order valence-electron chi connectivity index (χ4n) is 2.93. The second-order valence-corrected chi connectivity index (χ2v) is 6.55. The highest BCUT2D eigenvalue weighted by Gasteiger charge is 2.36. The van der Waals surface area contributed by atoms with Crippen LogP contribution in [-0.4, -0.2) is 17.9 Å². The monoisotopic (exact) mass is 372 g/mol. The van der Waals surface area contributed by atoms with E-state index in [1.54, 1.807) is 4.90 Å². The van der Waals surface area contributed by atoms with Crippen molar-refractivity contribution in [2.24, 2.45) is 0 Å². The molecule has 4 nitrogen and oxygen atoms in total. The van der Waals surface area contributed by atoms with E-state index in [4.69, 9.17) is 0 Å². The van der Waals surface area contributed by atoms with E-state index < -0.39 is 6.04 Å². The van der Waals surface area contributed by atoms with Crippen molar-refractivity contribution in [3.63, 3.8) is 0 Å². The lowest BCUT2D eigenvalue weighted by Crippen LogP contribution is -2.44. The van der Waals surface area contributed by atoms with Crippen LogP contribution in [0.5, 0.6) is 0 Å². The van der Waals surface area contributed by atoms with Crippen LogP contribution in [0, 0.1) is 6.92 Å². The molecule has 5 heteroatoms. The fourth-order valence-corrected chi connectivity index (χ4v) is 3.18. The van der Waals surface area contributed by atoms with Gasteiger partial charge in [0.05, 0.1) is 0 Å². The normalized spacial score (nSPS) is 16.1. The van der Waals surface area contributed by atoms with Crippen LogP contribution in [0.4, 0.5) is 11.4 Å². The lowest BCUT2D eigenvalue weighted by molar-refractivity contribution is -0.122. The molecule has 0 unspecified atom stereocenters. The number of carbonyl (C=O) groups excluding carboxylic acids is 2. The summed E-state index contributed by atoms with van der Waals surface area (Å²) in [7, 11) is 0. The molecule has 0 fully saturated rings. The Balaban J connectivity index is 1.85. The van der Waals surface area contributed by atoms with Gasteiger partial charge in [-0.25, -0.2) is 0 Å². The minimum atomic E-state index is -0.506. The van der Waals surface area contributed by atoms with E-state index in [2.05, 4.69) is 21.2 Å². The predicted octanol–water partition coefficient (Wildman–Crippen LogP) is 3.67. The largest absolute Gasteiger partial charge is 0.324 e. The van der Waals surface area contributed by atoms with Crippen LogP contribution in [0.15, 0.2) is 46.9 Å². The number of nitrogens with one attached hydrogen (secondary N) is 1. The molecule has 1 aliphatic rings. The molecule has 0 aromatic heterocycles. The van der Waals surface area contributed by atoms with Crippen molar-refractivity contribution in [1.82, 2.24) is 0 Å². The summed E-state index contributed by atoms with van der Waals surface area (Å²) in [5.41, 5.74) is 3.62. The summed E-state index contributed by atoms with van der Waals surface area (Å²) in [4.78, 5) is 26.3. The van der Waals surface area contributed by atoms with Gasteiger partial charge in [-0.15, -0.1) is 0 Å². The molecule has 1 atom stereocenters. The van der Waals surface area contributed by atoms with Gasteiger partial charge in [0.2, 0.25) is 11.8 Å². The standard InChI is InChI=1S/C18H17BrN2O2/c1-11-9-14(7-8-15(11)19)20-18(23)17-10-13-5-3-4-6-16(13)21(17)12(2)22/h3-9,17H,10H2,1-2H3,(H,20,23)/t17-/m1/s1. The van der Waals surface area contributed by atoms with Gasteiger partial charge in [0.15, 0.2) is 0 Å². The molecule has 0 saturated carbocycles. The van der Waals surface area contributed by atoms with Gasteiger partial charge < -0.3 is 5.32 Å². The van der Waals surface area contributed by atoms with Crippen molar-refractivity contribution in [1.29, 1.82) is 0 Å². The number of halogens is 1. The Hall–Kier alpha value is -2.14. The number of para-hydroxylation sites is 1. The first-order chi connectivity index (χ1) is 11.0. The minimum Gasteiger partial charge on any atom is -0.324 e. The summed E-state index contributed by atoms with van der Waals surface area (Å²) in [6, 6.07) is 12.8. The maximum Gasteiger partial charge on any atom is 0.247 e. The third-order valence-corrected chi connectivity index (χ3v) is 4.93. The molecule has 1 heterocycles. The topological polar surface area (TPSA) is 49.4 Å². The van der Waals surface area contributed by atoms with Gasteiger partial charge >= 0.3 is 0 Å². The number of benzene rings is 2. The van der Waals surface area contributed by atoms with Gasteiger partial charge in [0.1, 0.15) is 6.04 Å². The highest BCUT2D eigenvalue weighted by atomic mass is 79.9. The predicted molar refractivity (Wildman–Crippen MR) is 94.6 cm³/mol. The van der Waals surface area contributed by atoms with Crippen LogP contribution < -0.4 is 10.2 Å². The highest BCUT2D eigenvalue weighted by Crippen LogP contribution is 2.32. The molecule has 0 spiro atoms. The Bertz CT molecular complexity index is 788. The zero-order chi connectivity index (χ0) is 16.6. The van der Waals surface area contributed by atoms with E-state index in [1.165, 1.54) is 6.92 Å². The Morgan fingerprint density at radius 1 is 1.22 bits per heavy atom. The van der Waals surface area contributed by atoms with Gasteiger partial charge in [-0.05, 0) is 42.3 Å². The van der Waals surface area contributed by atoms with Crippen molar-refractivity contribution in [2.75, 3.05) is 10.2 Å². The van der Waals surface area contributed by atoms with Gasteiger partial charge in [0.25, 0.3) is 0 Å². The summed E-state index contributed by atoms with van der Waals surface area (Å²) in [6.45, 7) is 3.46. The molecular weight excluding hydrogens is 356 g/mol. The summed E-state index contributed by atoms with van der Waals surface area (Å²) < 4.78 is 0.995. The molecule has 1 aliphatic heterocycles. The lowest BCUT2D eigenvalue weighted by atomic mass is 10.1. The number of nitrogens with zero attached hydrogens (tertiary/aromatic N) is 1. The molecule has 2 aromatic carbocycles. The number of amides is 2. The molecule has 0 bridgehead atoms. The van der Waals surface area contributed by atoms with Crippen LogP contribution in [-0.2, 0) is 16.0 Å². The minimum absolute atomic E-state index is 0.123. The van der Waals surface area contributed by atoms with Gasteiger partial charge in [-0.1, -0.05) is 34.1 Å². The first-order valence-corrected chi connectivity index (χ1v) is 8.21. The Labute approximate surface area is 143 Å². The second-order valence-electron chi connectivity index (χ2n) is 5.69. The number of fused-ring (bicyclic) bond motifs is 1. The summed E-state index contributed by atoms with van der Waals surface area (Å²) in [6.07, 6.45) is 0.539. The van der Waals surface area contributed by atoms with E-state index in [0.29, 0.717) is 6.42 Å². The fraction of sp³-hybridized carbons (Fsp3) is 0.222. The Kier molecular flexibility index (Phi) is 4.22. The third-order valence-electron chi connectivity index (χ3n) is 4.04. The number of carbonyl (C=O) groups is 2. The average molecular weight is 373 g/mol. The molecule has 118 valence electrons. The van der Waals surface area contributed by atoms with Crippen LogP contribution in [0.1, 0.15) is 18.1 Å². The first kappa shape index (κ1) is 15.7. The number of hydrogen-bond acceptors (Lipinski definition) is 2. The summed E-state index contributed by atoms with van der Waals surface area (Å²) in [5, 5.41) is 2.92. The van der Waals surface area contributed by atoms with Crippen molar-refractivity contribution in [3.8, 4) is 0 Å². The van der Waals surface area contributed by atoms with Crippen LogP contribution in [0.2, 0.25) is 0 Å². The summed E-state index contributed by atoms with van der Waals surface area (Å²) >= 11 is 3.44. The molecule has 2 amide bonds. The molecular formula is C18H17BrN2O2. The van der Waals surface area contributed by atoms with E-state index in [-0.39, 0.29) is 11.8 Å². The van der Waals surface area contributed by atoms with E-state index in [0.717, 1.165) is 27.0 Å². The van der Waals surface area contributed by atoms with E-state index in [1.807, 2.05) is 49.4 Å². The molecule has 0 saturated heterocycles. The zero-order valence-corrected chi connectivity index (χ0v) is 14.6. The number of rotatable bonds is 2. The van der Waals surface area contributed by atoms with Gasteiger partial charge in [-0.3, -0.25) is 14.5 Å². The van der Waals surface area contributed by atoms with Crippen molar-refractivity contribution < 1.29 is 9.59 Å². The lowest BCUT2D eigenvalue weighted by Gasteiger charge is -2.23. The van der Waals surface area contributed by atoms with Crippen molar-refractivity contribution in [2.45, 2.75) is 26.3 Å². The highest BCUT2D eigenvalue weighted by molar-refractivity contribution is 9.10. The molecule has 23 heavy (non-hydrogen) atoms. The Morgan fingerprint density at radius 3 is 2.65 bits per heavy atom. The van der Waals surface area contributed by atoms with Crippen LogP contribution in [0.25, 0.3) is 0 Å². The summed E-state index contributed by atoms with van der Waals surface area (Å²) in [5.74, 6) is -0.291. The molecule has 3 rings (SSSR count). The maximum absolute atomic E-state index is 12.7. The van der Waals surface area contributed by atoms with Crippen molar-refractivity contribution in [3.05, 3.63) is 58.1 Å². The SMILES string of the molecule is CC(=O)N1c2ccccc2C[C@@H]1C(=O)Nc1ccc(Br)c(C)c1. The van der Waals surface area contributed by atoms with Crippen LogP contribution >= 0.6 is 15.9 Å². The van der Waals surface area contributed by atoms with Crippen LogP contribution in [0.3, 0.4) is 0 Å². The van der Waals surface area contributed by atoms with Gasteiger partial charge in [0, 0.05) is 29.2 Å². The number of hydrogen-bond donors (Lipinski definition) is 1. The molecule has 2 aromatic rings.